The fourth-order valence-corrected chi connectivity index (χ4v) is 3.44. The first-order valence-corrected chi connectivity index (χ1v) is 10.2. The van der Waals surface area contributed by atoms with Crippen molar-refractivity contribution in [3.8, 4) is 0 Å². The summed E-state index contributed by atoms with van der Waals surface area (Å²) in [6.07, 6.45) is 11.9. The van der Waals surface area contributed by atoms with E-state index >= 15 is 0 Å². The van der Waals surface area contributed by atoms with Crippen LogP contribution in [0.4, 0.5) is 5.82 Å². The Bertz CT molecular complexity index is 1140. The Balaban J connectivity index is 1.34. The van der Waals surface area contributed by atoms with Gasteiger partial charge in [0.15, 0.2) is 18.2 Å². The lowest BCUT2D eigenvalue weighted by Crippen LogP contribution is -2.36. The highest BCUT2D eigenvalue weighted by molar-refractivity contribution is 6.14. The number of benzene rings is 1. The maximum absolute atomic E-state index is 12.8. The number of hydrogen-bond acceptors (Lipinski definition) is 5. The second kappa shape index (κ2) is 9.34. The summed E-state index contributed by atoms with van der Waals surface area (Å²) in [5.74, 6) is 0.0209. The zero-order valence-corrected chi connectivity index (χ0v) is 17.4. The summed E-state index contributed by atoms with van der Waals surface area (Å²) < 4.78 is 3.42. The molecule has 0 bridgehead atoms. The molecule has 2 aromatic rings. The van der Waals surface area contributed by atoms with E-state index in [0.717, 1.165) is 12.0 Å². The van der Waals surface area contributed by atoms with E-state index in [-0.39, 0.29) is 30.0 Å². The molecule has 0 fully saturated rings. The van der Waals surface area contributed by atoms with Crippen LogP contribution in [-0.2, 0) is 17.8 Å². The fraction of sp³-hybridized carbons (Fsp3) is 0.261. The first-order chi connectivity index (χ1) is 15.1. The number of nitrogens with zero attached hydrogens (tertiary/aromatic N) is 4. The Hall–Kier alpha value is -3.81. The number of carbonyl (C=O) groups is 1. The molecular formula is C23H25N6O2+. The molecule has 31 heavy (non-hydrogen) atoms. The SMILES string of the molecule is Cc1cnc(NCCc2ccccc2)c(=O)n1CC(=O)NCC1=CC2N=CC=[N+]2C=C1. The number of hydrogen-bond donors (Lipinski definition) is 2. The molecule has 2 aliphatic rings. The molecule has 158 valence electrons. The molecule has 3 heterocycles. The van der Waals surface area contributed by atoms with Crippen LogP contribution in [0.5, 0.6) is 0 Å². The van der Waals surface area contributed by atoms with Gasteiger partial charge in [-0.2, -0.15) is 4.58 Å². The maximum Gasteiger partial charge on any atom is 0.293 e. The van der Waals surface area contributed by atoms with Crippen LogP contribution in [0.15, 0.2) is 70.2 Å². The molecule has 1 amide bonds. The number of nitrogens with one attached hydrogen (secondary N) is 2. The summed E-state index contributed by atoms with van der Waals surface area (Å²) in [6, 6.07) is 10.0. The van der Waals surface area contributed by atoms with Crippen molar-refractivity contribution >= 4 is 24.2 Å². The first kappa shape index (κ1) is 20.5. The number of aliphatic imine (C=N–C) groups is 1. The summed E-state index contributed by atoms with van der Waals surface area (Å²) in [5, 5.41) is 5.97. The lowest BCUT2D eigenvalue weighted by Gasteiger charge is -2.13. The molecule has 8 heteroatoms. The van der Waals surface area contributed by atoms with Crippen molar-refractivity contribution in [3.05, 3.63) is 82.1 Å². The van der Waals surface area contributed by atoms with Crippen molar-refractivity contribution in [1.82, 2.24) is 14.9 Å². The van der Waals surface area contributed by atoms with Gasteiger partial charge >= 0.3 is 0 Å². The normalized spacial score (nSPS) is 16.5. The van der Waals surface area contributed by atoms with Crippen LogP contribution in [0.25, 0.3) is 0 Å². The van der Waals surface area contributed by atoms with Crippen molar-refractivity contribution in [2.45, 2.75) is 26.1 Å². The molecule has 2 N–H and O–H groups in total. The smallest absolute Gasteiger partial charge is 0.293 e. The van der Waals surface area contributed by atoms with Gasteiger partial charge in [-0.1, -0.05) is 30.3 Å². The standard InChI is InChI=1S/C23H24N6O2/c1-17-14-27-22(25-9-7-18-5-3-2-4-6-18)23(31)29(17)16-21(30)26-15-19-8-11-28-12-10-24-20(28)13-19/h2-6,8,10-14,20H,7,9,15-16H2,1H3,(H-,25,26,27,30)/p+1. The number of aromatic nitrogens is 2. The number of aryl methyl sites for hydroxylation is 1. The van der Waals surface area contributed by atoms with Crippen LogP contribution in [0.1, 0.15) is 11.3 Å². The molecule has 1 aromatic heterocycles. The predicted octanol–water partition coefficient (Wildman–Crippen LogP) is 1.27. The maximum atomic E-state index is 12.8. The van der Waals surface area contributed by atoms with Crippen molar-refractivity contribution in [3.63, 3.8) is 0 Å². The van der Waals surface area contributed by atoms with E-state index in [9.17, 15) is 9.59 Å². The molecular weight excluding hydrogens is 392 g/mol. The van der Waals surface area contributed by atoms with Gasteiger partial charge in [-0.25, -0.2) is 9.98 Å². The van der Waals surface area contributed by atoms with E-state index in [1.165, 1.54) is 10.1 Å². The van der Waals surface area contributed by atoms with Gasteiger partial charge < -0.3 is 10.6 Å². The quantitative estimate of drug-likeness (QED) is 0.633. The zero-order chi connectivity index (χ0) is 21.6. The third kappa shape index (κ3) is 5.03. The molecule has 2 aliphatic heterocycles. The van der Waals surface area contributed by atoms with E-state index in [1.54, 1.807) is 19.3 Å². The molecule has 4 rings (SSSR count). The Labute approximate surface area is 180 Å². The average Bonchev–Trinajstić information content (AvgIpc) is 3.25. The minimum Gasteiger partial charge on any atom is -0.365 e. The Morgan fingerprint density at radius 2 is 2.10 bits per heavy atom. The molecule has 8 nitrogen and oxygen atoms in total. The highest BCUT2D eigenvalue weighted by Gasteiger charge is 2.22. The summed E-state index contributed by atoms with van der Waals surface area (Å²) in [5.41, 5.74) is 2.49. The Kier molecular flexibility index (Phi) is 6.16. The molecule has 1 atom stereocenters. The highest BCUT2D eigenvalue weighted by atomic mass is 16.2. The Morgan fingerprint density at radius 1 is 1.26 bits per heavy atom. The van der Waals surface area contributed by atoms with Crippen molar-refractivity contribution in [1.29, 1.82) is 0 Å². The average molecular weight is 417 g/mol. The third-order valence-electron chi connectivity index (χ3n) is 5.20. The van der Waals surface area contributed by atoms with Gasteiger partial charge in [-0.05, 0) is 24.5 Å². The van der Waals surface area contributed by atoms with Crippen LogP contribution in [-0.4, -0.2) is 51.7 Å². The van der Waals surface area contributed by atoms with Gasteiger partial charge in [0, 0.05) is 37.1 Å². The van der Waals surface area contributed by atoms with Gasteiger partial charge in [0.05, 0.1) is 6.21 Å². The zero-order valence-electron chi connectivity index (χ0n) is 17.4. The fourth-order valence-electron chi connectivity index (χ4n) is 3.44. The summed E-state index contributed by atoms with van der Waals surface area (Å²) >= 11 is 0. The van der Waals surface area contributed by atoms with E-state index in [4.69, 9.17) is 0 Å². The number of anilines is 1. The minimum absolute atomic E-state index is 0.0357. The largest absolute Gasteiger partial charge is 0.365 e. The minimum atomic E-state index is -0.300. The second-order valence-corrected chi connectivity index (χ2v) is 7.44. The van der Waals surface area contributed by atoms with Crippen molar-refractivity contribution < 1.29 is 9.37 Å². The number of fused-ring (bicyclic) bond motifs is 1. The van der Waals surface area contributed by atoms with Gasteiger partial charge in [0.2, 0.25) is 5.91 Å². The molecule has 1 unspecified atom stereocenters. The number of rotatable bonds is 8. The molecule has 0 spiro atoms. The van der Waals surface area contributed by atoms with Crippen LogP contribution in [0, 0.1) is 6.92 Å². The van der Waals surface area contributed by atoms with E-state index in [0.29, 0.717) is 18.8 Å². The molecule has 1 aromatic carbocycles. The predicted molar refractivity (Wildman–Crippen MR) is 121 cm³/mol. The van der Waals surface area contributed by atoms with Crippen molar-refractivity contribution in [2.24, 2.45) is 4.99 Å². The van der Waals surface area contributed by atoms with E-state index in [2.05, 4.69) is 20.6 Å². The van der Waals surface area contributed by atoms with Crippen LogP contribution < -0.4 is 16.2 Å². The third-order valence-corrected chi connectivity index (χ3v) is 5.20. The monoisotopic (exact) mass is 417 g/mol. The first-order valence-electron chi connectivity index (χ1n) is 10.2. The molecule has 0 aliphatic carbocycles. The van der Waals surface area contributed by atoms with Crippen LogP contribution >= 0.6 is 0 Å². The van der Waals surface area contributed by atoms with Crippen LogP contribution in [0.3, 0.4) is 0 Å². The lowest BCUT2D eigenvalue weighted by atomic mass is 10.1. The topological polar surface area (TPSA) is 91.4 Å². The van der Waals surface area contributed by atoms with Crippen molar-refractivity contribution in [2.75, 3.05) is 18.4 Å². The highest BCUT2D eigenvalue weighted by Crippen LogP contribution is 2.11. The lowest BCUT2D eigenvalue weighted by molar-refractivity contribution is -0.476. The molecule has 0 saturated carbocycles. The molecule has 0 radical (unpaired) electrons. The molecule has 0 saturated heterocycles. The summed E-state index contributed by atoms with van der Waals surface area (Å²) in [4.78, 5) is 33.8. The van der Waals surface area contributed by atoms with E-state index in [1.807, 2.05) is 59.5 Å². The van der Waals surface area contributed by atoms with Gasteiger partial charge in [-0.15, -0.1) is 0 Å². The summed E-state index contributed by atoms with van der Waals surface area (Å²) in [6.45, 7) is 2.68. The van der Waals surface area contributed by atoms with Gasteiger partial charge in [0.25, 0.3) is 11.7 Å². The van der Waals surface area contributed by atoms with Crippen LogP contribution in [0.2, 0.25) is 0 Å². The number of carbonyl (C=O) groups excluding carboxylic acids is 1. The Morgan fingerprint density at radius 3 is 2.94 bits per heavy atom. The van der Waals surface area contributed by atoms with Gasteiger partial charge in [0.1, 0.15) is 6.54 Å². The van der Waals surface area contributed by atoms with E-state index < -0.39 is 0 Å². The number of amides is 1. The second-order valence-electron chi connectivity index (χ2n) is 7.44. The van der Waals surface area contributed by atoms with Gasteiger partial charge in [-0.3, -0.25) is 14.2 Å². The summed E-state index contributed by atoms with van der Waals surface area (Å²) in [7, 11) is 0.